The van der Waals surface area contributed by atoms with Crippen molar-refractivity contribution in [1.82, 2.24) is 0 Å². The Morgan fingerprint density at radius 3 is 2.13 bits per heavy atom. The van der Waals surface area contributed by atoms with Crippen LogP contribution in [0.25, 0.3) is 0 Å². The highest BCUT2D eigenvalue weighted by molar-refractivity contribution is 5.70. The van der Waals surface area contributed by atoms with Crippen molar-refractivity contribution in [2.45, 2.75) is 0 Å². The molecule has 0 aliphatic rings. The molecule has 0 unspecified atom stereocenters. The molecule has 0 aliphatic heterocycles. The van der Waals surface area contributed by atoms with Crippen molar-refractivity contribution in [3.63, 3.8) is 0 Å². The Balaban J connectivity index is 0.000000253. The SMILES string of the molecule is COC(=O)COc1ccc(F)c(N)c1.Nc1cc(O)ccc1F. The van der Waals surface area contributed by atoms with Crippen molar-refractivity contribution in [2.24, 2.45) is 0 Å². The number of benzene rings is 2. The molecule has 23 heavy (non-hydrogen) atoms. The zero-order valence-electron chi connectivity index (χ0n) is 12.3. The number of esters is 1. The maximum absolute atomic E-state index is 12.7. The van der Waals surface area contributed by atoms with Gasteiger partial charge in [0.05, 0.1) is 18.5 Å². The topological polar surface area (TPSA) is 108 Å². The van der Waals surface area contributed by atoms with Crippen LogP contribution in [0.2, 0.25) is 0 Å². The molecule has 0 radical (unpaired) electrons. The number of hydrogen-bond acceptors (Lipinski definition) is 6. The van der Waals surface area contributed by atoms with Crippen molar-refractivity contribution in [3.05, 3.63) is 48.0 Å². The largest absolute Gasteiger partial charge is 0.508 e. The van der Waals surface area contributed by atoms with Gasteiger partial charge in [0, 0.05) is 12.1 Å². The highest BCUT2D eigenvalue weighted by Gasteiger charge is 2.03. The Kier molecular flexibility index (Phi) is 6.60. The van der Waals surface area contributed by atoms with Gasteiger partial charge < -0.3 is 26.0 Å². The van der Waals surface area contributed by atoms with Crippen LogP contribution in [0, 0.1) is 11.6 Å². The molecule has 0 aliphatic carbocycles. The first-order valence-electron chi connectivity index (χ1n) is 6.32. The number of anilines is 2. The van der Waals surface area contributed by atoms with Gasteiger partial charge in [-0.25, -0.2) is 13.6 Å². The Morgan fingerprint density at radius 1 is 1.09 bits per heavy atom. The van der Waals surface area contributed by atoms with Crippen LogP contribution in [0.1, 0.15) is 0 Å². The van der Waals surface area contributed by atoms with E-state index in [1.165, 1.54) is 31.4 Å². The van der Waals surface area contributed by atoms with Gasteiger partial charge in [-0.3, -0.25) is 0 Å². The molecule has 8 heteroatoms. The molecule has 0 fully saturated rings. The van der Waals surface area contributed by atoms with Crippen molar-refractivity contribution in [2.75, 3.05) is 25.2 Å². The second-order valence-electron chi connectivity index (χ2n) is 4.25. The fourth-order valence-electron chi connectivity index (χ4n) is 1.34. The molecule has 2 aromatic carbocycles. The minimum absolute atomic E-state index is 0.0195. The molecule has 0 spiro atoms. The van der Waals surface area contributed by atoms with Gasteiger partial charge >= 0.3 is 5.97 Å². The zero-order valence-corrected chi connectivity index (χ0v) is 12.3. The summed E-state index contributed by atoms with van der Waals surface area (Å²) in [5, 5.41) is 8.69. The number of rotatable bonds is 3. The van der Waals surface area contributed by atoms with Crippen LogP contribution in [0.5, 0.6) is 11.5 Å². The maximum Gasteiger partial charge on any atom is 0.343 e. The summed E-state index contributed by atoms with van der Waals surface area (Å²) in [5.74, 6) is -1.22. The molecule has 0 aromatic heterocycles. The number of halogens is 2. The van der Waals surface area contributed by atoms with Gasteiger partial charge in [0.25, 0.3) is 0 Å². The summed E-state index contributed by atoms with van der Waals surface area (Å²) in [5.41, 5.74) is 10.3. The molecule has 0 saturated heterocycles. The van der Waals surface area contributed by atoms with Crippen molar-refractivity contribution < 1.29 is 28.2 Å². The van der Waals surface area contributed by atoms with E-state index in [2.05, 4.69) is 4.74 Å². The third-order valence-electron chi connectivity index (χ3n) is 2.53. The lowest BCUT2D eigenvalue weighted by molar-refractivity contribution is -0.142. The fourth-order valence-corrected chi connectivity index (χ4v) is 1.34. The van der Waals surface area contributed by atoms with Crippen LogP contribution in [-0.4, -0.2) is 24.8 Å². The minimum atomic E-state index is -0.518. The molecule has 6 nitrogen and oxygen atoms in total. The Morgan fingerprint density at radius 2 is 1.65 bits per heavy atom. The molecule has 5 N–H and O–H groups in total. The van der Waals surface area contributed by atoms with Crippen LogP contribution >= 0.6 is 0 Å². The van der Waals surface area contributed by atoms with Crippen LogP contribution in [0.3, 0.4) is 0 Å². The summed E-state index contributed by atoms with van der Waals surface area (Å²) in [6.45, 7) is -0.221. The van der Waals surface area contributed by atoms with Crippen molar-refractivity contribution >= 4 is 17.3 Å². The number of phenols is 1. The van der Waals surface area contributed by atoms with E-state index in [-0.39, 0.29) is 23.7 Å². The fraction of sp³-hybridized carbons (Fsp3) is 0.133. The molecule has 2 rings (SSSR count). The van der Waals surface area contributed by atoms with E-state index in [0.717, 1.165) is 12.1 Å². The molecular weight excluding hydrogens is 310 g/mol. The molecule has 0 atom stereocenters. The van der Waals surface area contributed by atoms with E-state index >= 15 is 0 Å². The predicted octanol–water partition coefficient (Wildman–Crippen LogP) is 2.07. The first-order valence-corrected chi connectivity index (χ1v) is 6.32. The average molecular weight is 326 g/mol. The molecule has 124 valence electrons. The van der Waals surface area contributed by atoms with Gasteiger partial charge in [0.15, 0.2) is 6.61 Å². The smallest absolute Gasteiger partial charge is 0.343 e. The van der Waals surface area contributed by atoms with Gasteiger partial charge in [-0.1, -0.05) is 0 Å². The first-order chi connectivity index (χ1) is 10.8. The van der Waals surface area contributed by atoms with Crippen molar-refractivity contribution in [1.29, 1.82) is 0 Å². The monoisotopic (exact) mass is 326 g/mol. The Bertz CT molecular complexity index is 681. The Labute approximate surface area is 131 Å². The number of nitrogens with two attached hydrogens (primary N) is 2. The number of hydrogen-bond donors (Lipinski definition) is 3. The summed E-state index contributed by atoms with van der Waals surface area (Å²) in [4.78, 5) is 10.7. The maximum atomic E-state index is 12.7. The van der Waals surface area contributed by atoms with Crippen LogP contribution in [-0.2, 0) is 9.53 Å². The summed E-state index contributed by atoms with van der Waals surface area (Å²) >= 11 is 0. The molecule has 0 bridgehead atoms. The predicted molar refractivity (Wildman–Crippen MR) is 80.8 cm³/mol. The number of carbonyl (C=O) groups is 1. The quantitative estimate of drug-likeness (QED) is 0.589. The van der Waals surface area contributed by atoms with Gasteiger partial charge in [0.2, 0.25) is 0 Å². The van der Waals surface area contributed by atoms with Gasteiger partial charge in [-0.2, -0.15) is 0 Å². The third kappa shape index (κ3) is 6.08. The molecule has 0 saturated carbocycles. The third-order valence-corrected chi connectivity index (χ3v) is 2.53. The molecule has 0 amide bonds. The van der Waals surface area contributed by atoms with E-state index in [1.807, 2.05) is 0 Å². The lowest BCUT2D eigenvalue weighted by Crippen LogP contribution is -2.12. The second kappa shape index (κ2) is 8.42. The second-order valence-corrected chi connectivity index (χ2v) is 4.25. The summed E-state index contributed by atoms with van der Waals surface area (Å²) < 4.78 is 34.3. The zero-order chi connectivity index (χ0) is 17.4. The number of aromatic hydroxyl groups is 1. The van der Waals surface area contributed by atoms with E-state index in [0.29, 0.717) is 5.75 Å². The van der Waals surface area contributed by atoms with Crippen molar-refractivity contribution in [3.8, 4) is 11.5 Å². The highest BCUT2D eigenvalue weighted by Crippen LogP contribution is 2.18. The highest BCUT2D eigenvalue weighted by atomic mass is 19.1. The number of methoxy groups -OCH3 is 1. The summed E-state index contributed by atoms with van der Waals surface area (Å²) in [7, 11) is 1.25. The first kappa shape index (κ1) is 18.0. The van der Waals surface area contributed by atoms with Gasteiger partial charge in [0.1, 0.15) is 23.1 Å². The Hall–Kier alpha value is -3.03. The normalized spacial score (nSPS) is 9.52. The average Bonchev–Trinajstić information content (AvgIpc) is 2.52. The number of carbonyl (C=O) groups excluding carboxylic acids is 1. The van der Waals surface area contributed by atoms with E-state index < -0.39 is 17.6 Å². The standard InChI is InChI=1S/C9H10FNO3.C6H6FNO/c1-13-9(12)5-14-6-2-3-7(10)8(11)4-6;7-5-2-1-4(9)3-6(5)8/h2-4H,5,11H2,1H3;1-3,9H,8H2. The number of ether oxygens (including phenoxy) is 2. The summed E-state index contributed by atoms with van der Waals surface area (Å²) in [6, 6.07) is 7.38. The molecule has 0 heterocycles. The van der Waals surface area contributed by atoms with Crippen LogP contribution in [0.4, 0.5) is 20.2 Å². The van der Waals surface area contributed by atoms with Gasteiger partial charge in [-0.05, 0) is 24.3 Å². The molecular formula is C15H16F2N2O4. The van der Waals surface area contributed by atoms with E-state index in [4.69, 9.17) is 21.3 Å². The van der Waals surface area contributed by atoms with Crippen LogP contribution < -0.4 is 16.2 Å². The number of nitrogen functional groups attached to an aromatic ring is 2. The molecule has 2 aromatic rings. The summed E-state index contributed by atoms with van der Waals surface area (Å²) in [6.07, 6.45) is 0. The lowest BCUT2D eigenvalue weighted by atomic mass is 10.3. The van der Waals surface area contributed by atoms with Gasteiger partial charge in [-0.15, -0.1) is 0 Å². The van der Waals surface area contributed by atoms with E-state index in [9.17, 15) is 13.6 Å². The minimum Gasteiger partial charge on any atom is -0.508 e. The lowest BCUT2D eigenvalue weighted by Gasteiger charge is -2.05. The van der Waals surface area contributed by atoms with E-state index in [1.54, 1.807) is 0 Å². The van der Waals surface area contributed by atoms with Crippen LogP contribution in [0.15, 0.2) is 36.4 Å². The number of phenolic OH excluding ortho intramolecular Hbond substituents is 1.